The van der Waals surface area contributed by atoms with E-state index in [1.807, 2.05) is 0 Å². The second-order valence-corrected chi connectivity index (χ2v) is 5.42. The number of carbonyl (C=O) groups excluding carboxylic acids is 1. The summed E-state index contributed by atoms with van der Waals surface area (Å²) in [5.74, 6) is 0.822. The molecule has 2 rings (SSSR count). The SMILES string of the molecule is C[S@](=O)c1nccc(CC(=O)CC2CC2)n1. The van der Waals surface area contributed by atoms with Crippen LogP contribution in [-0.4, -0.2) is 26.2 Å². The van der Waals surface area contributed by atoms with E-state index in [1.165, 1.54) is 19.1 Å². The third kappa shape index (κ3) is 3.20. The van der Waals surface area contributed by atoms with Crippen LogP contribution in [-0.2, 0) is 22.0 Å². The standard InChI is InChI=1S/C11H14N2O2S/c1-16(15)11-12-5-4-9(13-11)7-10(14)6-8-2-3-8/h4-5,8H,2-3,6-7H2,1H3/t16-/m0/s1. The molecule has 0 saturated heterocycles. The number of rotatable bonds is 5. The minimum absolute atomic E-state index is 0.217. The van der Waals surface area contributed by atoms with Gasteiger partial charge in [0.2, 0.25) is 5.16 Å². The molecule has 1 fully saturated rings. The van der Waals surface area contributed by atoms with Crippen molar-refractivity contribution in [3.8, 4) is 0 Å². The van der Waals surface area contributed by atoms with Crippen molar-refractivity contribution >= 4 is 16.6 Å². The molecule has 1 heterocycles. The molecule has 5 heteroatoms. The highest BCUT2D eigenvalue weighted by atomic mass is 32.2. The van der Waals surface area contributed by atoms with Crippen LogP contribution in [0.4, 0.5) is 0 Å². The van der Waals surface area contributed by atoms with E-state index in [0.717, 1.165) is 0 Å². The molecule has 0 bridgehead atoms. The molecule has 0 spiro atoms. The van der Waals surface area contributed by atoms with E-state index in [0.29, 0.717) is 29.6 Å². The lowest BCUT2D eigenvalue weighted by Crippen LogP contribution is -2.07. The molecule has 0 aliphatic heterocycles. The highest BCUT2D eigenvalue weighted by Crippen LogP contribution is 2.32. The monoisotopic (exact) mass is 238 g/mol. The summed E-state index contributed by atoms with van der Waals surface area (Å²) in [4.78, 5) is 19.6. The first-order valence-electron chi connectivity index (χ1n) is 5.32. The third-order valence-electron chi connectivity index (χ3n) is 2.54. The highest BCUT2D eigenvalue weighted by molar-refractivity contribution is 7.84. The maximum atomic E-state index is 11.6. The van der Waals surface area contributed by atoms with Gasteiger partial charge in [-0.2, -0.15) is 0 Å². The fourth-order valence-electron chi connectivity index (χ4n) is 1.53. The second kappa shape index (κ2) is 4.82. The molecule has 0 unspecified atom stereocenters. The van der Waals surface area contributed by atoms with Gasteiger partial charge in [-0.05, 0) is 24.8 Å². The maximum Gasteiger partial charge on any atom is 0.218 e. The number of Topliss-reactive ketones (excluding diaryl/α,β-unsaturated/α-hetero) is 1. The van der Waals surface area contributed by atoms with Crippen molar-refractivity contribution in [2.75, 3.05) is 6.26 Å². The molecule has 1 atom stereocenters. The molecule has 0 radical (unpaired) electrons. The van der Waals surface area contributed by atoms with Crippen molar-refractivity contribution in [1.82, 2.24) is 9.97 Å². The largest absolute Gasteiger partial charge is 0.299 e. The summed E-state index contributed by atoms with van der Waals surface area (Å²) in [6, 6.07) is 1.71. The fraction of sp³-hybridized carbons (Fsp3) is 0.545. The van der Waals surface area contributed by atoms with Crippen molar-refractivity contribution in [3.63, 3.8) is 0 Å². The van der Waals surface area contributed by atoms with E-state index in [2.05, 4.69) is 9.97 Å². The van der Waals surface area contributed by atoms with E-state index >= 15 is 0 Å². The zero-order chi connectivity index (χ0) is 11.5. The van der Waals surface area contributed by atoms with E-state index in [-0.39, 0.29) is 5.78 Å². The summed E-state index contributed by atoms with van der Waals surface area (Å²) in [5, 5.41) is 0.303. The van der Waals surface area contributed by atoms with Gasteiger partial charge in [-0.3, -0.25) is 9.00 Å². The fourth-order valence-corrected chi connectivity index (χ4v) is 1.99. The second-order valence-electron chi connectivity index (χ2n) is 4.15. The maximum absolute atomic E-state index is 11.6. The molecule has 1 aromatic heterocycles. The predicted molar refractivity (Wildman–Crippen MR) is 60.4 cm³/mol. The van der Waals surface area contributed by atoms with Crippen LogP contribution in [0.15, 0.2) is 17.4 Å². The van der Waals surface area contributed by atoms with Crippen molar-refractivity contribution in [1.29, 1.82) is 0 Å². The Balaban J connectivity index is 1.99. The Bertz CT molecular complexity index is 430. The van der Waals surface area contributed by atoms with E-state index in [4.69, 9.17) is 0 Å². The van der Waals surface area contributed by atoms with Gasteiger partial charge in [0.1, 0.15) is 5.78 Å². The van der Waals surface area contributed by atoms with Crippen molar-refractivity contribution in [2.45, 2.75) is 30.8 Å². The van der Waals surface area contributed by atoms with Gasteiger partial charge < -0.3 is 0 Å². The van der Waals surface area contributed by atoms with E-state index in [9.17, 15) is 9.00 Å². The van der Waals surface area contributed by atoms with Gasteiger partial charge in [0.25, 0.3) is 0 Å². The lowest BCUT2D eigenvalue weighted by Gasteiger charge is -2.01. The molecule has 0 aromatic carbocycles. The van der Waals surface area contributed by atoms with Crippen LogP contribution >= 0.6 is 0 Å². The molecule has 1 saturated carbocycles. The summed E-state index contributed by atoms with van der Waals surface area (Å²) in [5.41, 5.74) is 0.672. The molecule has 1 aliphatic carbocycles. The third-order valence-corrected chi connectivity index (χ3v) is 3.25. The molecule has 0 amide bonds. The summed E-state index contributed by atoms with van der Waals surface area (Å²) in [6.07, 6.45) is 6.45. The van der Waals surface area contributed by atoms with Crippen molar-refractivity contribution < 1.29 is 9.00 Å². The average Bonchev–Trinajstić information content (AvgIpc) is 3.01. The molecular weight excluding hydrogens is 224 g/mol. The molecule has 0 N–H and O–H groups in total. The molecule has 1 aliphatic rings. The van der Waals surface area contributed by atoms with Crippen LogP contribution < -0.4 is 0 Å². The minimum Gasteiger partial charge on any atom is -0.299 e. The summed E-state index contributed by atoms with van der Waals surface area (Å²) in [6.45, 7) is 0. The molecule has 86 valence electrons. The van der Waals surface area contributed by atoms with Crippen LogP contribution in [0.5, 0.6) is 0 Å². The van der Waals surface area contributed by atoms with Crippen LogP contribution in [0.3, 0.4) is 0 Å². The number of hydrogen-bond acceptors (Lipinski definition) is 4. The van der Waals surface area contributed by atoms with Gasteiger partial charge in [-0.15, -0.1) is 0 Å². The lowest BCUT2D eigenvalue weighted by atomic mass is 10.1. The number of nitrogens with zero attached hydrogens (tertiary/aromatic N) is 2. The number of hydrogen-bond donors (Lipinski definition) is 0. The number of aromatic nitrogens is 2. The minimum atomic E-state index is -1.19. The van der Waals surface area contributed by atoms with Crippen molar-refractivity contribution in [3.05, 3.63) is 18.0 Å². The molecule has 1 aromatic rings. The Hall–Kier alpha value is -1.10. The van der Waals surface area contributed by atoms with Crippen LogP contribution in [0.25, 0.3) is 0 Å². The number of carbonyl (C=O) groups is 1. The Kier molecular flexibility index (Phi) is 3.43. The molecule has 4 nitrogen and oxygen atoms in total. The van der Waals surface area contributed by atoms with Gasteiger partial charge in [0.15, 0.2) is 0 Å². The van der Waals surface area contributed by atoms with Crippen LogP contribution in [0, 0.1) is 5.92 Å². The predicted octanol–water partition coefficient (Wildman–Crippen LogP) is 1.13. The van der Waals surface area contributed by atoms with Crippen molar-refractivity contribution in [2.24, 2.45) is 5.92 Å². The normalized spacial score (nSPS) is 17.1. The first kappa shape index (κ1) is 11.4. The van der Waals surface area contributed by atoms with Crippen LogP contribution in [0.1, 0.15) is 25.0 Å². The lowest BCUT2D eigenvalue weighted by molar-refractivity contribution is -0.118. The Morgan fingerprint density at radius 3 is 2.94 bits per heavy atom. The zero-order valence-corrected chi connectivity index (χ0v) is 10.00. The first-order valence-corrected chi connectivity index (χ1v) is 6.88. The van der Waals surface area contributed by atoms with Gasteiger partial charge in [0, 0.05) is 25.3 Å². The van der Waals surface area contributed by atoms with Gasteiger partial charge in [0.05, 0.1) is 16.5 Å². The Morgan fingerprint density at radius 2 is 2.31 bits per heavy atom. The summed E-state index contributed by atoms with van der Waals surface area (Å²) >= 11 is 0. The number of ketones is 1. The quantitative estimate of drug-likeness (QED) is 0.721. The van der Waals surface area contributed by atoms with Gasteiger partial charge in [-0.25, -0.2) is 9.97 Å². The smallest absolute Gasteiger partial charge is 0.218 e. The topological polar surface area (TPSA) is 59.9 Å². The molecule has 16 heavy (non-hydrogen) atoms. The Morgan fingerprint density at radius 1 is 1.56 bits per heavy atom. The Labute approximate surface area is 97.0 Å². The zero-order valence-electron chi connectivity index (χ0n) is 9.18. The first-order chi connectivity index (χ1) is 7.65. The average molecular weight is 238 g/mol. The summed E-state index contributed by atoms with van der Waals surface area (Å²) < 4.78 is 11.2. The summed E-state index contributed by atoms with van der Waals surface area (Å²) in [7, 11) is -1.19. The highest BCUT2D eigenvalue weighted by Gasteiger charge is 2.24. The molecular formula is C11H14N2O2S. The van der Waals surface area contributed by atoms with Crippen LogP contribution in [0.2, 0.25) is 0 Å². The van der Waals surface area contributed by atoms with Gasteiger partial charge >= 0.3 is 0 Å². The van der Waals surface area contributed by atoms with E-state index < -0.39 is 10.8 Å². The van der Waals surface area contributed by atoms with Gasteiger partial charge in [-0.1, -0.05) is 0 Å². The van der Waals surface area contributed by atoms with E-state index in [1.54, 1.807) is 12.3 Å².